The number of azo groups is 1. The highest BCUT2D eigenvalue weighted by Gasteiger charge is 2.26. The van der Waals surface area contributed by atoms with Crippen molar-refractivity contribution in [1.29, 1.82) is 0 Å². The second-order valence-corrected chi connectivity index (χ2v) is 4.19. The lowest BCUT2D eigenvalue weighted by atomic mass is 9.90. The van der Waals surface area contributed by atoms with Crippen molar-refractivity contribution >= 4 is 5.91 Å². The van der Waals surface area contributed by atoms with Crippen molar-refractivity contribution in [2.75, 3.05) is 0 Å². The molecule has 1 aliphatic heterocycles. The largest absolute Gasteiger partial charge is 0.275 e. The van der Waals surface area contributed by atoms with Crippen molar-refractivity contribution in [3.63, 3.8) is 0 Å². The van der Waals surface area contributed by atoms with Crippen LogP contribution in [0.2, 0.25) is 0 Å². The zero-order chi connectivity index (χ0) is 12.4. The third-order valence-electron chi connectivity index (χ3n) is 3.01. The van der Waals surface area contributed by atoms with Gasteiger partial charge < -0.3 is 0 Å². The summed E-state index contributed by atoms with van der Waals surface area (Å²) in [6, 6.07) is 3.88. The molecule has 1 aromatic heterocycles. The maximum atomic E-state index is 11.6. The van der Waals surface area contributed by atoms with Gasteiger partial charge in [0.25, 0.3) is 5.91 Å². The van der Waals surface area contributed by atoms with Crippen LogP contribution in [-0.2, 0) is 11.2 Å². The average molecular weight is 237 g/mol. The van der Waals surface area contributed by atoms with Crippen LogP contribution >= 0.6 is 0 Å². The number of pyridine rings is 1. The molecule has 1 atom stereocenters. The zero-order valence-corrected chi connectivity index (χ0v) is 9.65. The molecular weight excluding hydrogens is 226 g/mol. The molecule has 1 aromatic rings. The Kier molecular flexibility index (Phi) is 2.68. The van der Waals surface area contributed by atoms with Crippen LogP contribution in [0.5, 0.6) is 0 Å². The van der Waals surface area contributed by atoms with E-state index in [0.29, 0.717) is 6.42 Å². The zero-order valence-electron chi connectivity index (χ0n) is 9.65. The Labute approximate surface area is 104 Å². The van der Waals surface area contributed by atoms with Gasteiger partial charge in [-0.15, -0.1) is 5.11 Å². The van der Waals surface area contributed by atoms with Crippen molar-refractivity contribution < 1.29 is 4.79 Å². The Morgan fingerprint density at radius 3 is 2.78 bits per heavy atom. The first-order chi connectivity index (χ1) is 8.84. The molecule has 2 heterocycles. The van der Waals surface area contributed by atoms with Gasteiger partial charge in [0.2, 0.25) is 0 Å². The van der Waals surface area contributed by atoms with Crippen molar-refractivity contribution in [3.05, 3.63) is 65.7 Å². The number of hydrogen-bond donors (Lipinski definition) is 0. The number of carbonyl (C=O) groups excluding carboxylic acids is 1. The normalized spacial score (nSPS) is 21.3. The van der Waals surface area contributed by atoms with Crippen molar-refractivity contribution in [2.24, 2.45) is 16.1 Å². The first kappa shape index (κ1) is 10.8. The predicted molar refractivity (Wildman–Crippen MR) is 66.6 cm³/mol. The molecule has 3 rings (SSSR count). The van der Waals surface area contributed by atoms with E-state index in [0.717, 1.165) is 16.8 Å². The Balaban J connectivity index is 1.96. The first-order valence-corrected chi connectivity index (χ1v) is 5.77. The highest BCUT2D eigenvalue weighted by molar-refractivity contribution is 5.86. The van der Waals surface area contributed by atoms with E-state index >= 15 is 0 Å². The molecule has 1 aliphatic carbocycles. The van der Waals surface area contributed by atoms with Gasteiger partial charge in [0, 0.05) is 18.8 Å². The molecule has 0 radical (unpaired) electrons. The van der Waals surface area contributed by atoms with Crippen LogP contribution in [0.25, 0.3) is 0 Å². The van der Waals surface area contributed by atoms with E-state index in [1.165, 1.54) is 0 Å². The standard InChI is InChI=1S/C14H11N3O/c18-14-12-4-2-1-3-11(12)13(16-17-14)9-10-5-7-15-8-6-10/h1-8,12H,9H2. The second-order valence-electron chi connectivity index (χ2n) is 4.19. The molecule has 0 spiro atoms. The molecule has 88 valence electrons. The highest BCUT2D eigenvalue weighted by atomic mass is 16.2. The van der Waals surface area contributed by atoms with Gasteiger partial charge in [-0.1, -0.05) is 24.3 Å². The van der Waals surface area contributed by atoms with E-state index in [9.17, 15) is 4.79 Å². The third kappa shape index (κ3) is 1.93. The first-order valence-electron chi connectivity index (χ1n) is 5.77. The van der Waals surface area contributed by atoms with Gasteiger partial charge in [-0.2, -0.15) is 5.11 Å². The second kappa shape index (κ2) is 4.49. The number of aromatic nitrogens is 1. The summed E-state index contributed by atoms with van der Waals surface area (Å²) < 4.78 is 0. The summed E-state index contributed by atoms with van der Waals surface area (Å²) in [7, 11) is 0. The van der Waals surface area contributed by atoms with Crippen molar-refractivity contribution in [2.45, 2.75) is 6.42 Å². The van der Waals surface area contributed by atoms with E-state index in [-0.39, 0.29) is 11.8 Å². The monoisotopic (exact) mass is 237 g/mol. The third-order valence-corrected chi connectivity index (χ3v) is 3.01. The van der Waals surface area contributed by atoms with E-state index in [1.807, 2.05) is 36.4 Å². The highest BCUT2D eigenvalue weighted by Crippen LogP contribution is 2.30. The maximum Gasteiger partial charge on any atom is 0.275 e. The molecule has 0 saturated heterocycles. The number of carbonyl (C=O) groups is 1. The van der Waals surface area contributed by atoms with Crippen LogP contribution in [0, 0.1) is 5.92 Å². The summed E-state index contributed by atoms with van der Waals surface area (Å²) in [6.07, 6.45) is 11.8. The Bertz CT molecular complexity index is 597. The molecule has 0 fully saturated rings. The van der Waals surface area contributed by atoms with Crippen LogP contribution in [-0.4, -0.2) is 10.9 Å². The Hall–Kier alpha value is -2.36. The lowest BCUT2D eigenvalue weighted by molar-refractivity contribution is -0.120. The van der Waals surface area contributed by atoms with Crippen molar-refractivity contribution in [3.8, 4) is 0 Å². The number of hydrogen-bond acceptors (Lipinski definition) is 3. The van der Waals surface area contributed by atoms with Crippen LogP contribution in [0.1, 0.15) is 5.56 Å². The molecule has 1 unspecified atom stereocenters. The minimum Gasteiger partial charge on any atom is -0.270 e. The van der Waals surface area contributed by atoms with Crippen molar-refractivity contribution in [1.82, 2.24) is 4.98 Å². The minimum absolute atomic E-state index is 0.191. The summed E-state index contributed by atoms with van der Waals surface area (Å²) in [5.74, 6) is -0.451. The fourth-order valence-corrected chi connectivity index (χ4v) is 2.09. The Morgan fingerprint density at radius 2 is 1.94 bits per heavy atom. The summed E-state index contributed by atoms with van der Waals surface area (Å²) in [4.78, 5) is 15.6. The SMILES string of the molecule is O=C1N=NC(Cc2ccncc2)=C2C=CC=CC12. The van der Waals surface area contributed by atoms with E-state index < -0.39 is 0 Å². The van der Waals surface area contributed by atoms with Gasteiger partial charge in [0.15, 0.2) is 0 Å². The molecular formula is C14H11N3O. The summed E-state index contributed by atoms with van der Waals surface area (Å²) in [5, 5.41) is 7.76. The molecule has 0 bridgehead atoms. The predicted octanol–water partition coefficient (Wildman–Crippen LogP) is 2.61. The fraction of sp³-hybridized carbons (Fsp3) is 0.143. The molecule has 0 aromatic carbocycles. The van der Waals surface area contributed by atoms with Crippen LogP contribution in [0.4, 0.5) is 0 Å². The van der Waals surface area contributed by atoms with Gasteiger partial charge >= 0.3 is 0 Å². The van der Waals surface area contributed by atoms with E-state index in [2.05, 4.69) is 15.2 Å². The van der Waals surface area contributed by atoms with Crippen LogP contribution < -0.4 is 0 Å². The van der Waals surface area contributed by atoms with E-state index in [1.54, 1.807) is 12.4 Å². The molecule has 18 heavy (non-hydrogen) atoms. The van der Waals surface area contributed by atoms with Crippen LogP contribution in [0.3, 0.4) is 0 Å². The van der Waals surface area contributed by atoms with Gasteiger partial charge in [-0.05, 0) is 23.3 Å². The van der Waals surface area contributed by atoms with Gasteiger partial charge in [-0.3, -0.25) is 9.78 Å². The average Bonchev–Trinajstić information content (AvgIpc) is 2.44. The van der Waals surface area contributed by atoms with Gasteiger partial charge in [0.05, 0.1) is 11.6 Å². The lowest BCUT2D eigenvalue weighted by Gasteiger charge is -2.19. The topological polar surface area (TPSA) is 54.7 Å². The molecule has 0 N–H and O–H groups in total. The molecule has 4 heteroatoms. The maximum absolute atomic E-state index is 11.6. The molecule has 2 aliphatic rings. The number of nitrogens with zero attached hydrogens (tertiary/aromatic N) is 3. The van der Waals surface area contributed by atoms with Gasteiger partial charge in [-0.25, -0.2) is 0 Å². The smallest absolute Gasteiger partial charge is 0.270 e. The molecule has 4 nitrogen and oxygen atoms in total. The minimum atomic E-state index is -0.260. The molecule has 0 saturated carbocycles. The summed E-state index contributed by atoms with van der Waals surface area (Å²) in [5.41, 5.74) is 2.92. The van der Waals surface area contributed by atoms with Gasteiger partial charge in [0.1, 0.15) is 0 Å². The summed E-state index contributed by atoms with van der Waals surface area (Å²) >= 11 is 0. The summed E-state index contributed by atoms with van der Waals surface area (Å²) in [6.45, 7) is 0. The number of amides is 1. The molecule has 1 amide bonds. The number of fused-ring (bicyclic) bond motifs is 1. The Morgan fingerprint density at radius 1 is 1.11 bits per heavy atom. The quantitative estimate of drug-likeness (QED) is 0.793. The number of allylic oxidation sites excluding steroid dienone is 4. The lowest BCUT2D eigenvalue weighted by Crippen LogP contribution is -2.18. The number of rotatable bonds is 2. The fourth-order valence-electron chi connectivity index (χ4n) is 2.09. The van der Waals surface area contributed by atoms with Crippen LogP contribution in [0.15, 0.2) is 70.3 Å². The van der Waals surface area contributed by atoms with E-state index in [4.69, 9.17) is 0 Å².